The first-order chi connectivity index (χ1) is 10.5. The molecule has 1 saturated heterocycles. The Morgan fingerprint density at radius 2 is 2.09 bits per heavy atom. The number of rotatable bonds is 4. The minimum absolute atomic E-state index is 0.503. The second-order valence-corrected chi connectivity index (χ2v) is 6.47. The van der Waals surface area contributed by atoms with Gasteiger partial charge in [0.05, 0.1) is 11.7 Å². The van der Waals surface area contributed by atoms with E-state index in [1.807, 2.05) is 25.2 Å². The zero-order valence-corrected chi connectivity index (χ0v) is 14.0. The summed E-state index contributed by atoms with van der Waals surface area (Å²) < 4.78 is 2.20. The van der Waals surface area contributed by atoms with Gasteiger partial charge >= 0.3 is 0 Å². The molecule has 1 unspecified atom stereocenters. The first kappa shape index (κ1) is 15.0. The zero-order valence-electron chi connectivity index (χ0n) is 14.0. The lowest BCUT2D eigenvalue weighted by Gasteiger charge is -2.17. The SMILES string of the molecule is Cc1cc(C)n(C2CCN(Cc3ccc(N(C)C)nc3)C2)n1. The van der Waals surface area contributed by atoms with E-state index in [1.165, 1.54) is 17.7 Å². The number of hydrogen-bond acceptors (Lipinski definition) is 4. The van der Waals surface area contributed by atoms with Crippen molar-refractivity contribution in [1.82, 2.24) is 19.7 Å². The lowest BCUT2D eigenvalue weighted by Crippen LogP contribution is -2.22. The lowest BCUT2D eigenvalue weighted by atomic mass is 10.2. The van der Waals surface area contributed by atoms with Gasteiger partial charge in [-0.1, -0.05) is 6.07 Å². The van der Waals surface area contributed by atoms with Crippen molar-refractivity contribution in [2.45, 2.75) is 32.9 Å². The highest BCUT2D eigenvalue weighted by Gasteiger charge is 2.25. The Morgan fingerprint density at radius 3 is 2.68 bits per heavy atom. The van der Waals surface area contributed by atoms with Crippen molar-refractivity contribution < 1.29 is 0 Å². The van der Waals surface area contributed by atoms with Crippen LogP contribution in [0.2, 0.25) is 0 Å². The predicted molar refractivity (Wildman–Crippen MR) is 89.2 cm³/mol. The van der Waals surface area contributed by atoms with Gasteiger partial charge in [-0.05, 0) is 38.0 Å². The maximum atomic E-state index is 4.64. The van der Waals surface area contributed by atoms with E-state index in [4.69, 9.17) is 0 Å². The minimum Gasteiger partial charge on any atom is -0.363 e. The second kappa shape index (κ2) is 6.08. The summed E-state index contributed by atoms with van der Waals surface area (Å²) in [5.41, 5.74) is 3.65. The molecule has 0 amide bonds. The van der Waals surface area contributed by atoms with Gasteiger partial charge in [0.15, 0.2) is 0 Å². The number of likely N-dealkylation sites (tertiary alicyclic amines) is 1. The normalized spacial score (nSPS) is 18.8. The van der Waals surface area contributed by atoms with Crippen LogP contribution in [0.15, 0.2) is 24.4 Å². The Labute approximate surface area is 132 Å². The first-order valence-corrected chi connectivity index (χ1v) is 7.90. The Morgan fingerprint density at radius 1 is 1.27 bits per heavy atom. The van der Waals surface area contributed by atoms with Crippen molar-refractivity contribution in [3.63, 3.8) is 0 Å². The van der Waals surface area contributed by atoms with E-state index < -0.39 is 0 Å². The van der Waals surface area contributed by atoms with Gasteiger partial charge in [-0.25, -0.2) is 4.98 Å². The largest absolute Gasteiger partial charge is 0.363 e. The fourth-order valence-electron chi connectivity index (χ4n) is 3.20. The van der Waals surface area contributed by atoms with Crippen molar-refractivity contribution >= 4 is 5.82 Å². The fraction of sp³-hybridized carbons (Fsp3) is 0.529. The molecule has 0 N–H and O–H groups in total. The third-order valence-electron chi connectivity index (χ3n) is 4.31. The summed E-state index contributed by atoms with van der Waals surface area (Å²) in [5, 5.41) is 4.64. The molecule has 1 atom stereocenters. The Kier molecular flexibility index (Phi) is 4.16. The van der Waals surface area contributed by atoms with Gasteiger partial charge in [0, 0.05) is 45.6 Å². The summed E-state index contributed by atoms with van der Waals surface area (Å²) in [6.07, 6.45) is 3.16. The van der Waals surface area contributed by atoms with Crippen LogP contribution < -0.4 is 4.90 Å². The molecule has 3 heterocycles. The molecule has 1 fully saturated rings. The van der Waals surface area contributed by atoms with Crippen LogP contribution in [0.1, 0.15) is 29.4 Å². The van der Waals surface area contributed by atoms with Crippen molar-refractivity contribution in [1.29, 1.82) is 0 Å². The van der Waals surface area contributed by atoms with Crippen LogP contribution in [0.3, 0.4) is 0 Å². The highest BCUT2D eigenvalue weighted by atomic mass is 15.3. The van der Waals surface area contributed by atoms with Gasteiger partial charge in [0.2, 0.25) is 0 Å². The third-order valence-corrected chi connectivity index (χ3v) is 4.31. The van der Waals surface area contributed by atoms with Gasteiger partial charge in [-0.2, -0.15) is 5.10 Å². The molecule has 0 bridgehead atoms. The summed E-state index contributed by atoms with van der Waals surface area (Å²) in [6.45, 7) is 7.37. The molecule has 0 radical (unpaired) electrons. The minimum atomic E-state index is 0.503. The topological polar surface area (TPSA) is 37.2 Å². The average molecular weight is 299 g/mol. The quantitative estimate of drug-likeness (QED) is 0.869. The molecule has 2 aromatic heterocycles. The van der Waals surface area contributed by atoms with Crippen molar-refractivity contribution in [2.75, 3.05) is 32.1 Å². The van der Waals surface area contributed by atoms with Crippen molar-refractivity contribution in [3.05, 3.63) is 41.3 Å². The van der Waals surface area contributed by atoms with Crippen molar-refractivity contribution in [2.24, 2.45) is 0 Å². The lowest BCUT2D eigenvalue weighted by molar-refractivity contribution is 0.310. The molecule has 2 aromatic rings. The van der Waals surface area contributed by atoms with Gasteiger partial charge in [-0.15, -0.1) is 0 Å². The molecule has 0 spiro atoms. The Hall–Kier alpha value is -1.88. The van der Waals surface area contributed by atoms with E-state index in [1.54, 1.807) is 0 Å². The summed E-state index contributed by atoms with van der Waals surface area (Å²) in [7, 11) is 4.03. The molecule has 0 aromatic carbocycles. The Bertz CT molecular complexity index is 629. The molecule has 5 heteroatoms. The van der Waals surface area contributed by atoms with E-state index in [9.17, 15) is 0 Å². The molecular weight excluding hydrogens is 274 g/mol. The number of aromatic nitrogens is 3. The van der Waals surface area contributed by atoms with Gasteiger partial charge in [-0.3, -0.25) is 9.58 Å². The molecule has 118 valence electrons. The molecule has 1 aliphatic rings. The highest BCUT2D eigenvalue weighted by Crippen LogP contribution is 2.24. The third kappa shape index (κ3) is 3.14. The molecular formula is C17H25N5. The number of anilines is 1. The average Bonchev–Trinajstić information content (AvgIpc) is 3.06. The summed E-state index contributed by atoms with van der Waals surface area (Å²) in [4.78, 5) is 9.02. The molecule has 5 nitrogen and oxygen atoms in total. The first-order valence-electron chi connectivity index (χ1n) is 7.90. The summed E-state index contributed by atoms with van der Waals surface area (Å²) in [6, 6.07) is 6.93. The zero-order chi connectivity index (χ0) is 15.7. The number of nitrogens with zero attached hydrogens (tertiary/aromatic N) is 5. The van der Waals surface area contributed by atoms with Crippen LogP contribution in [0.4, 0.5) is 5.82 Å². The van der Waals surface area contributed by atoms with Crippen LogP contribution in [0.25, 0.3) is 0 Å². The van der Waals surface area contributed by atoms with Crippen LogP contribution >= 0.6 is 0 Å². The monoisotopic (exact) mass is 299 g/mol. The Balaban J connectivity index is 1.62. The van der Waals surface area contributed by atoms with E-state index >= 15 is 0 Å². The summed E-state index contributed by atoms with van der Waals surface area (Å²) >= 11 is 0. The van der Waals surface area contributed by atoms with Crippen LogP contribution in [0, 0.1) is 13.8 Å². The highest BCUT2D eigenvalue weighted by molar-refractivity contribution is 5.37. The maximum Gasteiger partial charge on any atom is 0.127 e. The molecule has 0 aliphatic carbocycles. The van der Waals surface area contributed by atoms with Crippen LogP contribution in [-0.4, -0.2) is 46.8 Å². The maximum absolute atomic E-state index is 4.64. The number of aryl methyl sites for hydroxylation is 2. The number of pyridine rings is 1. The number of hydrogen-bond donors (Lipinski definition) is 0. The predicted octanol–water partition coefficient (Wildman–Crippen LogP) is 2.41. The molecule has 22 heavy (non-hydrogen) atoms. The smallest absolute Gasteiger partial charge is 0.127 e. The molecule has 0 saturated carbocycles. The van der Waals surface area contributed by atoms with Crippen molar-refractivity contribution in [3.8, 4) is 0 Å². The molecule has 1 aliphatic heterocycles. The van der Waals surface area contributed by atoms with E-state index in [0.29, 0.717) is 6.04 Å². The fourth-order valence-corrected chi connectivity index (χ4v) is 3.20. The van der Waals surface area contributed by atoms with Crippen LogP contribution in [0.5, 0.6) is 0 Å². The van der Waals surface area contributed by atoms with Gasteiger partial charge in [0.1, 0.15) is 5.82 Å². The summed E-state index contributed by atoms with van der Waals surface area (Å²) in [5.74, 6) is 1.01. The molecule has 3 rings (SSSR count). The van der Waals surface area contributed by atoms with Gasteiger partial charge < -0.3 is 4.90 Å². The van der Waals surface area contributed by atoms with Gasteiger partial charge in [0.25, 0.3) is 0 Å². The van der Waals surface area contributed by atoms with E-state index in [-0.39, 0.29) is 0 Å². The van der Waals surface area contributed by atoms with Crippen LogP contribution in [-0.2, 0) is 6.54 Å². The standard InChI is InChI=1S/C17H25N5/c1-13-9-14(2)22(19-13)16-7-8-21(12-16)11-15-5-6-17(18-10-15)20(3)4/h5-6,9-10,16H,7-8,11-12H2,1-4H3. The van der Waals surface area contributed by atoms with E-state index in [0.717, 1.165) is 31.1 Å². The second-order valence-electron chi connectivity index (χ2n) is 6.47. The van der Waals surface area contributed by atoms with E-state index in [2.05, 4.69) is 51.7 Å².